The van der Waals surface area contributed by atoms with Gasteiger partial charge in [-0.3, -0.25) is 4.79 Å². The number of halogens is 4. The monoisotopic (exact) mass is 347 g/mol. The number of carbonyl (C=O) groups is 2. The predicted octanol–water partition coefficient (Wildman–Crippen LogP) is 2.70. The lowest BCUT2D eigenvalue weighted by Gasteiger charge is -2.34. The van der Waals surface area contributed by atoms with Crippen molar-refractivity contribution < 1.29 is 27.2 Å². The van der Waals surface area contributed by atoms with Crippen LogP contribution in [-0.4, -0.2) is 48.3 Å². The van der Waals surface area contributed by atoms with Crippen molar-refractivity contribution in [3.63, 3.8) is 0 Å². The number of carbonyl (C=O) groups excluding carboxylic acids is 2. The van der Waals surface area contributed by atoms with E-state index in [4.69, 9.17) is 0 Å². The summed E-state index contributed by atoms with van der Waals surface area (Å²) in [4.78, 5) is 24.0. The number of nitrogens with zero attached hydrogens (tertiary/aromatic N) is 1. The van der Waals surface area contributed by atoms with Gasteiger partial charge in [0.25, 0.3) is 5.91 Å². The van der Waals surface area contributed by atoms with Crippen LogP contribution in [0.1, 0.15) is 12.8 Å². The maximum absolute atomic E-state index is 13.1. The molecule has 0 bridgehead atoms. The maximum atomic E-state index is 13.1. The zero-order chi connectivity index (χ0) is 17.7. The fourth-order valence-corrected chi connectivity index (χ4v) is 2.41. The number of urea groups is 1. The zero-order valence-corrected chi connectivity index (χ0v) is 12.6. The third kappa shape index (κ3) is 4.36. The lowest BCUT2D eigenvalue weighted by Crippen LogP contribution is -2.53. The van der Waals surface area contributed by atoms with Crippen LogP contribution in [0.5, 0.6) is 0 Å². The number of piperidine rings is 1. The van der Waals surface area contributed by atoms with Crippen molar-refractivity contribution >= 4 is 17.6 Å². The Labute approximate surface area is 136 Å². The molecule has 5 nitrogen and oxygen atoms in total. The Morgan fingerprint density at radius 2 is 1.71 bits per heavy atom. The minimum Gasteiger partial charge on any atom is -0.337 e. The highest BCUT2D eigenvalue weighted by Gasteiger charge is 2.51. The zero-order valence-electron chi connectivity index (χ0n) is 12.6. The summed E-state index contributed by atoms with van der Waals surface area (Å²) in [7, 11) is 0. The van der Waals surface area contributed by atoms with Crippen molar-refractivity contribution in [2.75, 3.05) is 18.4 Å². The molecule has 0 spiro atoms. The summed E-state index contributed by atoms with van der Waals surface area (Å²) in [6.07, 6.45) is -3.60. The van der Waals surface area contributed by atoms with Gasteiger partial charge < -0.3 is 15.5 Å². The summed E-state index contributed by atoms with van der Waals surface area (Å²) in [5.74, 6) is -6.55. The third-order valence-corrected chi connectivity index (χ3v) is 3.71. The van der Waals surface area contributed by atoms with Crippen molar-refractivity contribution in [2.24, 2.45) is 0 Å². The highest BCUT2D eigenvalue weighted by atomic mass is 19.3. The first kappa shape index (κ1) is 18.0. The van der Waals surface area contributed by atoms with Crippen LogP contribution in [0.4, 0.5) is 28.0 Å². The maximum Gasteiger partial charge on any atom is 0.383 e. The van der Waals surface area contributed by atoms with Gasteiger partial charge in [0.1, 0.15) is 0 Å². The van der Waals surface area contributed by atoms with Gasteiger partial charge in [0.15, 0.2) is 0 Å². The number of likely N-dealkylation sites (tertiary alicyclic amines) is 1. The van der Waals surface area contributed by atoms with Crippen molar-refractivity contribution in [3.8, 4) is 0 Å². The molecule has 2 N–H and O–H groups in total. The summed E-state index contributed by atoms with van der Waals surface area (Å²) in [6, 6.07) is 7.93. The average Bonchev–Trinajstić information content (AvgIpc) is 2.55. The van der Waals surface area contributed by atoms with Gasteiger partial charge in [-0.05, 0) is 25.0 Å². The van der Waals surface area contributed by atoms with Crippen LogP contribution in [-0.2, 0) is 4.79 Å². The third-order valence-electron chi connectivity index (χ3n) is 3.71. The number of rotatable bonds is 4. The molecule has 1 fully saturated rings. The second-order valence-corrected chi connectivity index (χ2v) is 5.45. The number of benzene rings is 1. The summed E-state index contributed by atoms with van der Waals surface area (Å²) in [6.45, 7) is -0.227. The van der Waals surface area contributed by atoms with E-state index in [1.54, 1.807) is 30.3 Å². The first-order chi connectivity index (χ1) is 11.3. The Morgan fingerprint density at radius 1 is 1.12 bits per heavy atom. The molecule has 9 heteroatoms. The van der Waals surface area contributed by atoms with Gasteiger partial charge in [-0.2, -0.15) is 8.78 Å². The molecule has 0 unspecified atom stereocenters. The molecule has 1 aromatic rings. The second-order valence-electron chi connectivity index (χ2n) is 5.45. The van der Waals surface area contributed by atoms with Crippen LogP contribution in [0, 0.1) is 0 Å². The number of alkyl halides is 4. The fourth-order valence-electron chi connectivity index (χ4n) is 2.41. The van der Waals surface area contributed by atoms with Crippen molar-refractivity contribution in [3.05, 3.63) is 30.3 Å². The molecule has 1 aromatic carbocycles. The van der Waals surface area contributed by atoms with Gasteiger partial charge in [-0.1, -0.05) is 18.2 Å². The van der Waals surface area contributed by atoms with E-state index in [-0.39, 0.29) is 32.0 Å². The highest BCUT2D eigenvalue weighted by molar-refractivity contribution is 5.89. The van der Waals surface area contributed by atoms with Crippen LogP contribution < -0.4 is 10.6 Å². The molecule has 1 heterocycles. The summed E-state index contributed by atoms with van der Waals surface area (Å²) >= 11 is 0. The van der Waals surface area contributed by atoms with Crippen molar-refractivity contribution in [1.82, 2.24) is 10.2 Å². The number of hydrogen-bond donors (Lipinski definition) is 2. The highest BCUT2D eigenvalue weighted by Crippen LogP contribution is 2.27. The Kier molecular flexibility index (Phi) is 5.63. The predicted molar refractivity (Wildman–Crippen MR) is 79.1 cm³/mol. The molecule has 132 valence electrons. The molecule has 24 heavy (non-hydrogen) atoms. The van der Waals surface area contributed by atoms with Crippen LogP contribution >= 0.6 is 0 Å². The largest absolute Gasteiger partial charge is 0.383 e. The fraction of sp³-hybridized carbons (Fsp3) is 0.467. The van der Waals surface area contributed by atoms with Gasteiger partial charge in [0, 0.05) is 24.8 Å². The summed E-state index contributed by atoms with van der Waals surface area (Å²) in [5, 5.41) is 5.28. The molecule has 0 atom stereocenters. The summed E-state index contributed by atoms with van der Waals surface area (Å²) < 4.78 is 50.5. The van der Waals surface area contributed by atoms with Crippen LogP contribution in [0.25, 0.3) is 0 Å². The minimum atomic E-state index is -4.68. The lowest BCUT2D eigenvalue weighted by molar-refractivity contribution is -0.181. The molecule has 3 amide bonds. The minimum absolute atomic E-state index is 0.114. The molecule has 0 saturated carbocycles. The standard InChI is InChI=1S/C15H17F4N3O2/c16-12(17)15(18,19)13(23)22-8-6-11(7-9-22)21-14(24)20-10-4-2-1-3-5-10/h1-5,11-12H,6-9H2,(H2,20,21,24). The van der Waals surface area contributed by atoms with Gasteiger partial charge in [0.2, 0.25) is 0 Å². The molecule has 1 aliphatic heterocycles. The Balaban J connectivity index is 1.80. The van der Waals surface area contributed by atoms with E-state index in [9.17, 15) is 27.2 Å². The first-order valence-corrected chi connectivity index (χ1v) is 7.38. The number of hydrogen-bond acceptors (Lipinski definition) is 2. The van der Waals surface area contributed by atoms with Gasteiger partial charge in [-0.15, -0.1) is 0 Å². The van der Waals surface area contributed by atoms with E-state index in [1.165, 1.54) is 0 Å². The topological polar surface area (TPSA) is 61.4 Å². The van der Waals surface area contributed by atoms with Crippen LogP contribution in [0.15, 0.2) is 30.3 Å². The number of amides is 3. The molecule has 0 aromatic heterocycles. The summed E-state index contributed by atoms with van der Waals surface area (Å²) in [5.41, 5.74) is 0.596. The van der Waals surface area contributed by atoms with Gasteiger partial charge >= 0.3 is 18.4 Å². The Hall–Kier alpha value is -2.32. The van der Waals surface area contributed by atoms with Gasteiger partial charge in [0.05, 0.1) is 0 Å². The Morgan fingerprint density at radius 3 is 2.25 bits per heavy atom. The van der Waals surface area contributed by atoms with E-state index in [2.05, 4.69) is 10.6 Å². The SMILES string of the molecule is O=C(Nc1ccccc1)NC1CCN(C(=O)C(F)(F)C(F)F)CC1. The molecule has 1 saturated heterocycles. The number of nitrogens with one attached hydrogen (secondary N) is 2. The number of anilines is 1. The van der Waals surface area contributed by atoms with E-state index in [0.717, 1.165) is 0 Å². The first-order valence-electron chi connectivity index (χ1n) is 7.38. The molecule has 2 rings (SSSR count). The molecule has 1 aliphatic rings. The van der Waals surface area contributed by atoms with Crippen LogP contribution in [0.2, 0.25) is 0 Å². The average molecular weight is 347 g/mol. The Bertz CT molecular complexity index is 575. The van der Waals surface area contributed by atoms with Crippen molar-refractivity contribution in [1.29, 1.82) is 0 Å². The number of para-hydroxylation sites is 1. The van der Waals surface area contributed by atoms with E-state index in [0.29, 0.717) is 10.6 Å². The quantitative estimate of drug-likeness (QED) is 0.823. The van der Waals surface area contributed by atoms with E-state index in [1.807, 2.05) is 0 Å². The van der Waals surface area contributed by atoms with Gasteiger partial charge in [-0.25, -0.2) is 13.6 Å². The van der Waals surface area contributed by atoms with Crippen molar-refractivity contribution in [2.45, 2.75) is 31.2 Å². The molecular weight excluding hydrogens is 330 g/mol. The molecule has 0 radical (unpaired) electrons. The normalized spacial score (nSPS) is 16.1. The van der Waals surface area contributed by atoms with Crippen LogP contribution in [0.3, 0.4) is 0 Å². The van der Waals surface area contributed by atoms with E-state index >= 15 is 0 Å². The second kappa shape index (κ2) is 7.50. The van der Waals surface area contributed by atoms with E-state index < -0.39 is 24.3 Å². The smallest absolute Gasteiger partial charge is 0.337 e. The lowest BCUT2D eigenvalue weighted by atomic mass is 10.0. The molecule has 0 aliphatic carbocycles. The molecular formula is C15H17F4N3O2.